The van der Waals surface area contributed by atoms with Crippen LogP contribution in [0.25, 0.3) is 0 Å². The van der Waals surface area contributed by atoms with Gasteiger partial charge in [0, 0.05) is 13.6 Å². The molecule has 0 saturated heterocycles. The third-order valence-corrected chi connectivity index (χ3v) is 4.05. The van der Waals surface area contributed by atoms with Crippen molar-refractivity contribution in [3.05, 3.63) is 20.8 Å². The van der Waals surface area contributed by atoms with E-state index in [-0.39, 0.29) is 30.8 Å². The minimum atomic E-state index is -0.138. The van der Waals surface area contributed by atoms with E-state index < -0.39 is 0 Å². The van der Waals surface area contributed by atoms with Gasteiger partial charge in [0.15, 0.2) is 0 Å². The summed E-state index contributed by atoms with van der Waals surface area (Å²) in [6.45, 7) is 1.55. The number of rotatable bonds is 7. The van der Waals surface area contributed by atoms with Gasteiger partial charge < -0.3 is 15.5 Å². The van der Waals surface area contributed by atoms with E-state index in [0.717, 1.165) is 16.8 Å². The van der Waals surface area contributed by atoms with Gasteiger partial charge in [-0.2, -0.15) is 0 Å². The van der Waals surface area contributed by atoms with E-state index in [2.05, 4.69) is 26.6 Å². The molecule has 0 saturated carbocycles. The fourth-order valence-electron chi connectivity index (χ4n) is 1.45. The Morgan fingerprint density at radius 2 is 2.05 bits per heavy atom. The van der Waals surface area contributed by atoms with Crippen LogP contribution < -0.4 is 10.6 Å². The first-order valence-corrected chi connectivity index (χ1v) is 7.57. The lowest BCUT2D eigenvalue weighted by molar-refractivity contribution is -0.121. The van der Waals surface area contributed by atoms with Crippen LogP contribution in [0.4, 0.5) is 0 Å². The van der Waals surface area contributed by atoms with Crippen molar-refractivity contribution in [3.8, 4) is 0 Å². The third-order valence-electron chi connectivity index (χ3n) is 2.44. The Labute approximate surface area is 137 Å². The number of halogens is 2. The number of thiophene rings is 1. The molecule has 1 aromatic heterocycles. The highest BCUT2D eigenvalue weighted by atomic mass is 79.9. The Morgan fingerprint density at radius 1 is 1.35 bits per heavy atom. The van der Waals surface area contributed by atoms with E-state index in [1.165, 1.54) is 16.2 Å². The highest BCUT2D eigenvalue weighted by molar-refractivity contribution is 9.11. The van der Waals surface area contributed by atoms with Gasteiger partial charge in [0.2, 0.25) is 5.91 Å². The van der Waals surface area contributed by atoms with Crippen molar-refractivity contribution in [2.75, 3.05) is 33.7 Å². The van der Waals surface area contributed by atoms with Crippen molar-refractivity contribution in [2.24, 2.45) is 0 Å². The van der Waals surface area contributed by atoms with E-state index in [1.807, 2.05) is 13.1 Å². The first-order valence-electron chi connectivity index (χ1n) is 5.96. The van der Waals surface area contributed by atoms with Crippen molar-refractivity contribution in [2.45, 2.75) is 6.42 Å². The second-order valence-corrected chi connectivity index (χ2v) is 6.54. The van der Waals surface area contributed by atoms with Gasteiger partial charge in [0.05, 0.1) is 15.2 Å². The molecule has 2 amide bonds. The van der Waals surface area contributed by atoms with Crippen LogP contribution in [-0.2, 0) is 4.79 Å². The smallest absolute Gasteiger partial charge is 0.264 e. The molecule has 0 atom stereocenters. The maximum Gasteiger partial charge on any atom is 0.264 e. The molecule has 1 aromatic rings. The molecule has 0 aliphatic carbocycles. The van der Waals surface area contributed by atoms with Crippen LogP contribution in [0.5, 0.6) is 0 Å². The lowest BCUT2D eigenvalue weighted by Crippen LogP contribution is -2.38. The average Bonchev–Trinajstić information content (AvgIpc) is 2.80. The number of hydrogen-bond acceptors (Lipinski definition) is 4. The van der Waals surface area contributed by atoms with Gasteiger partial charge in [-0.15, -0.1) is 23.7 Å². The van der Waals surface area contributed by atoms with Crippen molar-refractivity contribution in [1.29, 1.82) is 0 Å². The molecular formula is C12H19BrClN3O2S. The Hall–Kier alpha value is -0.630. The van der Waals surface area contributed by atoms with Gasteiger partial charge in [-0.3, -0.25) is 9.59 Å². The minimum Gasteiger partial charge on any atom is -0.355 e. The summed E-state index contributed by atoms with van der Waals surface area (Å²) in [6.07, 6.45) is 0.873. The summed E-state index contributed by atoms with van der Waals surface area (Å²) in [5, 5.41) is 5.79. The summed E-state index contributed by atoms with van der Waals surface area (Å²) in [5.41, 5.74) is 0. The fraction of sp³-hybridized carbons (Fsp3) is 0.500. The molecule has 20 heavy (non-hydrogen) atoms. The Morgan fingerprint density at radius 3 is 2.60 bits per heavy atom. The fourth-order valence-corrected chi connectivity index (χ4v) is 2.83. The predicted molar refractivity (Wildman–Crippen MR) is 87.8 cm³/mol. The van der Waals surface area contributed by atoms with Crippen LogP contribution in [0, 0.1) is 0 Å². The number of likely N-dealkylation sites (N-methyl/N-ethyl adjacent to an activating group) is 1. The molecule has 0 radical (unpaired) electrons. The standard InChI is InChI=1S/C12H18BrN3O2S.ClH/c1-14-6-3-7-15-11(17)8-16(2)12(18)9-4-5-10(13)19-9;/h4-5,14H,3,6-8H2,1-2H3,(H,15,17);1H. The summed E-state index contributed by atoms with van der Waals surface area (Å²) < 4.78 is 0.903. The van der Waals surface area contributed by atoms with Gasteiger partial charge in [0.25, 0.3) is 5.91 Å². The summed E-state index contributed by atoms with van der Waals surface area (Å²) in [4.78, 5) is 25.7. The molecule has 1 rings (SSSR count). The van der Waals surface area contributed by atoms with Crippen molar-refractivity contribution < 1.29 is 9.59 Å². The SMILES string of the molecule is CNCCCNC(=O)CN(C)C(=O)c1ccc(Br)s1.Cl. The molecule has 0 unspecified atom stereocenters. The maximum atomic E-state index is 12.0. The van der Waals surface area contributed by atoms with Gasteiger partial charge in [-0.1, -0.05) is 0 Å². The topological polar surface area (TPSA) is 61.4 Å². The molecule has 0 aliphatic heterocycles. The van der Waals surface area contributed by atoms with Crippen LogP contribution >= 0.6 is 39.7 Å². The zero-order chi connectivity index (χ0) is 14.3. The number of amides is 2. The second kappa shape index (κ2) is 10.1. The molecule has 2 N–H and O–H groups in total. The second-order valence-electron chi connectivity index (χ2n) is 4.07. The van der Waals surface area contributed by atoms with E-state index in [1.54, 1.807) is 13.1 Å². The molecule has 0 bridgehead atoms. The van der Waals surface area contributed by atoms with Crippen LogP contribution in [-0.4, -0.2) is 50.4 Å². The number of nitrogens with zero attached hydrogens (tertiary/aromatic N) is 1. The van der Waals surface area contributed by atoms with Gasteiger partial charge >= 0.3 is 0 Å². The van der Waals surface area contributed by atoms with E-state index in [0.29, 0.717) is 11.4 Å². The normalized spacial score (nSPS) is 9.75. The highest BCUT2D eigenvalue weighted by Gasteiger charge is 2.16. The van der Waals surface area contributed by atoms with Gasteiger partial charge in [-0.25, -0.2) is 0 Å². The quantitative estimate of drug-likeness (QED) is 0.704. The van der Waals surface area contributed by atoms with E-state index in [4.69, 9.17) is 0 Å². The zero-order valence-corrected chi connectivity index (χ0v) is 14.7. The van der Waals surface area contributed by atoms with Crippen LogP contribution in [0.1, 0.15) is 16.1 Å². The molecule has 114 valence electrons. The number of carbonyl (C=O) groups is 2. The Kier molecular flexibility index (Phi) is 9.83. The lowest BCUT2D eigenvalue weighted by atomic mass is 10.4. The largest absolute Gasteiger partial charge is 0.355 e. The van der Waals surface area contributed by atoms with Gasteiger partial charge in [0.1, 0.15) is 0 Å². The van der Waals surface area contributed by atoms with Crippen LogP contribution in [0.2, 0.25) is 0 Å². The van der Waals surface area contributed by atoms with E-state index in [9.17, 15) is 9.59 Å². The van der Waals surface area contributed by atoms with Crippen molar-refractivity contribution in [3.63, 3.8) is 0 Å². The van der Waals surface area contributed by atoms with Crippen LogP contribution in [0.3, 0.4) is 0 Å². The third kappa shape index (κ3) is 6.69. The molecule has 5 nitrogen and oxygen atoms in total. The Balaban J connectivity index is 0.00000361. The molecule has 1 heterocycles. The van der Waals surface area contributed by atoms with E-state index >= 15 is 0 Å². The summed E-state index contributed by atoms with van der Waals surface area (Å²) in [7, 11) is 3.50. The Bertz CT molecular complexity index is 442. The minimum absolute atomic E-state index is 0. The molecule has 0 aromatic carbocycles. The molecule has 0 fully saturated rings. The van der Waals surface area contributed by atoms with Crippen molar-refractivity contribution >= 4 is 51.5 Å². The number of hydrogen-bond donors (Lipinski definition) is 2. The number of nitrogens with one attached hydrogen (secondary N) is 2. The first-order chi connectivity index (χ1) is 9.04. The maximum absolute atomic E-state index is 12.0. The monoisotopic (exact) mass is 383 g/mol. The molecule has 8 heteroatoms. The summed E-state index contributed by atoms with van der Waals surface area (Å²) in [6, 6.07) is 3.57. The van der Waals surface area contributed by atoms with Crippen molar-refractivity contribution in [1.82, 2.24) is 15.5 Å². The summed E-state index contributed by atoms with van der Waals surface area (Å²) >= 11 is 4.67. The predicted octanol–water partition coefficient (Wildman–Crippen LogP) is 1.73. The van der Waals surface area contributed by atoms with Crippen LogP contribution in [0.15, 0.2) is 15.9 Å². The molecule has 0 aliphatic rings. The zero-order valence-electron chi connectivity index (χ0n) is 11.4. The molecule has 0 spiro atoms. The first kappa shape index (κ1) is 19.4. The molecular weight excluding hydrogens is 366 g/mol. The van der Waals surface area contributed by atoms with Gasteiger partial charge in [-0.05, 0) is 48.1 Å². The lowest BCUT2D eigenvalue weighted by Gasteiger charge is -2.15. The highest BCUT2D eigenvalue weighted by Crippen LogP contribution is 2.22. The summed E-state index contributed by atoms with van der Waals surface area (Å²) in [5.74, 6) is -0.274. The average molecular weight is 385 g/mol. The number of carbonyl (C=O) groups excluding carboxylic acids is 2.